The number of carbonyl (C=O) groups is 2. The Bertz CT molecular complexity index is 594. The summed E-state index contributed by atoms with van der Waals surface area (Å²) in [6.07, 6.45) is -1.14. The van der Waals surface area contributed by atoms with Crippen LogP contribution in [0.25, 0.3) is 0 Å². The maximum Gasteiger partial charge on any atom is 0.404 e. The van der Waals surface area contributed by atoms with Gasteiger partial charge in [-0.2, -0.15) is 0 Å². The number of fused-ring (bicyclic) bond motifs is 1. The van der Waals surface area contributed by atoms with Crippen LogP contribution in [0.5, 0.6) is 0 Å². The van der Waals surface area contributed by atoms with Gasteiger partial charge in [0.15, 0.2) is 0 Å². The monoisotopic (exact) mass is 297 g/mol. The molecule has 1 aliphatic heterocycles. The third-order valence-electron chi connectivity index (χ3n) is 3.15. The van der Waals surface area contributed by atoms with Crippen molar-refractivity contribution in [1.82, 2.24) is 15.6 Å². The topological polar surface area (TPSA) is 91.3 Å². The van der Waals surface area contributed by atoms with E-state index in [-0.39, 0.29) is 23.0 Å². The first-order valence-electron chi connectivity index (χ1n) is 6.18. The predicted molar refractivity (Wildman–Crippen MR) is 74.0 cm³/mol. The van der Waals surface area contributed by atoms with E-state index in [4.69, 9.17) is 16.7 Å². The third-order valence-corrected chi connectivity index (χ3v) is 3.42. The Morgan fingerprint density at radius 2 is 2.15 bits per heavy atom. The summed E-state index contributed by atoms with van der Waals surface area (Å²) in [5.41, 5.74) is 2.11. The number of halogens is 1. The van der Waals surface area contributed by atoms with Crippen LogP contribution < -0.4 is 10.6 Å². The lowest BCUT2D eigenvalue weighted by molar-refractivity contribution is 0.0963. The van der Waals surface area contributed by atoms with E-state index >= 15 is 0 Å². The highest BCUT2D eigenvalue weighted by molar-refractivity contribution is 6.31. The van der Waals surface area contributed by atoms with Crippen molar-refractivity contribution in [3.8, 4) is 0 Å². The van der Waals surface area contributed by atoms with Crippen molar-refractivity contribution in [2.75, 3.05) is 0 Å². The number of rotatable bonds is 2. The average molecular weight is 298 g/mol. The number of aromatic nitrogens is 1. The molecule has 2 heterocycles. The van der Waals surface area contributed by atoms with Crippen molar-refractivity contribution in [3.05, 3.63) is 27.5 Å². The zero-order chi connectivity index (χ0) is 15.1. The molecule has 3 N–H and O–H groups in total. The molecular formula is C13H16ClN3O3. The Kier molecular flexibility index (Phi) is 3.60. The van der Waals surface area contributed by atoms with Gasteiger partial charge in [-0.3, -0.25) is 4.79 Å². The highest BCUT2D eigenvalue weighted by atomic mass is 35.5. The van der Waals surface area contributed by atoms with Crippen LogP contribution in [-0.2, 0) is 18.5 Å². The maximum absolute atomic E-state index is 12.0. The van der Waals surface area contributed by atoms with Crippen LogP contribution >= 0.6 is 11.6 Å². The number of pyridine rings is 1. The zero-order valence-electron chi connectivity index (χ0n) is 11.5. The number of hydrogen-bond acceptors (Lipinski definition) is 3. The van der Waals surface area contributed by atoms with Crippen LogP contribution in [0.1, 0.15) is 48.0 Å². The fourth-order valence-corrected chi connectivity index (χ4v) is 2.81. The van der Waals surface area contributed by atoms with Gasteiger partial charge in [0.1, 0.15) is 5.15 Å². The SMILES string of the molecule is CC(C)(C)c1c(Cl)nc(CNC(=O)O)c2c1C(=O)NC2. The van der Waals surface area contributed by atoms with Crippen molar-refractivity contribution < 1.29 is 14.7 Å². The summed E-state index contributed by atoms with van der Waals surface area (Å²) in [6.45, 7) is 6.24. The van der Waals surface area contributed by atoms with E-state index in [1.165, 1.54) is 0 Å². The number of carbonyl (C=O) groups excluding carboxylic acids is 1. The van der Waals surface area contributed by atoms with Gasteiger partial charge in [0, 0.05) is 17.7 Å². The minimum atomic E-state index is -1.14. The van der Waals surface area contributed by atoms with Crippen LogP contribution in [0.2, 0.25) is 5.15 Å². The molecule has 0 radical (unpaired) electrons. The summed E-state index contributed by atoms with van der Waals surface area (Å²) >= 11 is 6.21. The van der Waals surface area contributed by atoms with E-state index in [9.17, 15) is 9.59 Å². The van der Waals surface area contributed by atoms with Crippen LogP contribution in [0, 0.1) is 0 Å². The van der Waals surface area contributed by atoms with Gasteiger partial charge < -0.3 is 15.7 Å². The van der Waals surface area contributed by atoms with E-state index in [1.54, 1.807) is 0 Å². The lowest BCUT2D eigenvalue weighted by Crippen LogP contribution is -2.24. The van der Waals surface area contributed by atoms with Crippen LogP contribution in [0.15, 0.2) is 0 Å². The molecule has 0 fully saturated rings. The number of hydrogen-bond donors (Lipinski definition) is 3. The van der Waals surface area contributed by atoms with Gasteiger partial charge >= 0.3 is 6.09 Å². The Morgan fingerprint density at radius 1 is 1.50 bits per heavy atom. The molecule has 0 spiro atoms. The molecule has 0 atom stereocenters. The molecule has 20 heavy (non-hydrogen) atoms. The van der Waals surface area contributed by atoms with Gasteiger partial charge in [-0.1, -0.05) is 32.4 Å². The first kappa shape index (κ1) is 14.6. The van der Waals surface area contributed by atoms with E-state index in [0.29, 0.717) is 23.4 Å². The van der Waals surface area contributed by atoms with Crippen molar-refractivity contribution >= 4 is 23.6 Å². The fraction of sp³-hybridized carbons (Fsp3) is 0.462. The molecule has 1 aromatic rings. The maximum atomic E-state index is 12.0. The molecule has 1 aromatic heterocycles. The quantitative estimate of drug-likeness (QED) is 0.729. The molecule has 7 heteroatoms. The Hall–Kier alpha value is -1.82. The summed E-state index contributed by atoms with van der Waals surface area (Å²) in [5, 5.41) is 13.9. The lowest BCUT2D eigenvalue weighted by Gasteiger charge is -2.23. The summed E-state index contributed by atoms with van der Waals surface area (Å²) in [4.78, 5) is 26.9. The van der Waals surface area contributed by atoms with E-state index in [0.717, 1.165) is 5.56 Å². The molecule has 0 saturated carbocycles. The number of carboxylic acid groups (broad SMARTS) is 1. The zero-order valence-corrected chi connectivity index (χ0v) is 12.3. The number of nitrogens with zero attached hydrogens (tertiary/aromatic N) is 1. The third kappa shape index (κ3) is 2.56. The van der Waals surface area contributed by atoms with Crippen LogP contribution in [0.4, 0.5) is 4.79 Å². The molecule has 0 aromatic carbocycles. The van der Waals surface area contributed by atoms with Gasteiger partial charge in [-0.25, -0.2) is 9.78 Å². The normalized spacial score (nSPS) is 13.9. The summed E-state index contributed by atoms with van der Waals surface area (Å²) in [7, 11) is 0. The number of nitrogens with one attached hydrogen (secondary N) is 2. The smallest absolute Gasteiger partial charge is 0.404 e. The molecule has 0 aliphatic carbocycles. The molecule has 6 nitrogen and oxygen atoms in total. The second-order valence-corrected chi connectivity index (χ2v) is 6.03. The van der Waals surface area contributed by atoms with Crippen LogP contribution in [-0.4, -0.2) is 22.1 Å². The summed E-state index contributed by atoms with van der Waals surface area (Å²) in [5.74, 6) is -0.189. The van der Waals surface area contributed by atoms with Crippen molar-refractivity contribution in [2.24, 2.45) is 0 Å². The second-order valence-electron chi connectivity index (χ2n) is 5.67. The highest BCUT2D eigenvalue weighted by Crippen LogP contribution is 2.36. The Labute approximate surface area is 121 Å². The van der Waals surface area contributed by atoms with E-state index in [1.807, 2.05) is 20.8 Å². The lowest BCUT2D eigenvalue weighted by atomic mass is 9.83. The minimum Gasteiger partial charge on any atom is -0.465 e. The molecule has 0 saturated heterocycles. The second kappa shape index (κ2) is 4.94. The van der Waals surface area contributed by atoms with Gasteiger partial charge in [0.05, 0.1) is 17.8 Å². The molecule has 0 bridgehead atoms. The largest absolute Gasteiger partial charge is 0.465 e. The number of amides is 2. The molecule has 0 unspecified atom stereocenters. The van der Waals surface area contributed by atoms with Gasteiger partial charge in [0.2, 0.25) is 0 Å². The minimum absolute atomic E-state index is 0.0246. The van der Waals surface area contributed by atoms with Crippen molar-refractivity contribution in [2.45, 2.75) is 39.3 Å². The van der Waals surface area contributed by atoms with E-state index < -0.39 is 6.09 Å². The summed E-state index contributed by atoms with van der Waals surface area (Å²) < 4.78 is 0. The molecule has 2 amide bonds. The Balaban J connectivity index is 2.58. The van der Waals surface area contributed by atoms with Gasteiger partial charge in [-0.05, 0) is 5.41 Å². The molecule has 108 valence electrons. The standard InChI is InChI=1S/C13H16ClN3O3/c1-13(2,3)9-8-6(4-15-11(8)18)7(17-10(9)14)5-16-12(19)20/h16H,4-5H2,1-3H3,(H,15,18)(H,19,20). The summed E-state index contributed by atoms with van der Waals surface area (Å²) in [6, 6.07) is 0. The average Bonchev–Trinajstić information content (AvgIpc) is 2.67. The van der Waals surface area contributed by atoms with Gasteiger partial charge in [0.25, 0.3) is 5.91 Å². The molecule has 2 rings (SSSR count). The Morgan fingerprint density at radius 3 is 2.70 bits per heavy atom. The van der Waals surface area contributed by atoms with E-state index in [2.05, 4.69) is 15.6 Å². The fourth-order valence-electron chi connectivity index (χ4n) is 2.33. The van der Waals surface area contributed by atoms with Crippen LogP contribution in [0.3, 0.4) is 0 Å². The van der Waals surface area contributed by atoms with Crippen molar-refractivity contribution in [3.63, 3.8) is 0 Å². The first-order chi connectivity index (χ1) is 9.21. The van der Waals surface area contributed by atoms with Crippen molar-refractivity contribution in [1.29, 1.82) is 0 Å². The first-order valence-corrected chi connectivity index (χ1v) is 6.56. The molecular weight excluding hydrogens is 282 g/mol. The molecule has 1 aliphatic rings. The highest BCUT2D eigenvalue weighted by Gasteiger charge is 2.33. The predicted octanol–water partition coefficient (Wildman–Crippen LogP) is 2.04. The van der Waals surface area contributed by atoms with Gasteiger partial charge in [-0.15, -0.1) is 0 Å².